The number of carbonyl (C=O) groups excluding carboxylic acids is 1. The number of hydrogen-bond acceptors (Lipinski definition) is 3. The molecule has 22 heavy (non-hydrogen) atoms. The minimum Gasteiger partial charge on any atom is -0.591 e. The third-order valence-corrected chi connectivity index (χ3v) is 5.15. The summed E-state index contributed by atoms with van der Waals surface area (Å²) in [5.74, 6) is 0.0645. The molecule has 1 atom stereocenters. The van der Waals surface area contributed by atoms with Crippen molar-refractivity contribution in [3.63, 3.8) is 0 Å². The van der Waals surface area contributed by atoms with Gasteiger partial charge in [-0.1, -0.05) is 16.0 Å². The zero-order valence-corrected chi connectivity index (χ0v) is 14.9. The minimum atomic E-state index is -1.30. The second-order valence-corrected chi connectivity index (χ2v) is 8.79. The van der Waals surface area contributed by atoms with Crippen molar-refractivity contribution in [1.82, 2.24) is 4.90 Å². The number of benzene rings is 1. The highest BCUT2D eigenvalue weighted by Crippen LogP contribution is 2.26. The summed E-state index contributed by atoms with van der Waals surface area (Å²) in [4.78, 5) is 13.3. The molecule has 1 aromatic rings. The monoisotopic (exact) mass is 340 g/mol. The Kier molecular flexibility index (Phi) is 5.20. The highest BCUT2D eigenvalue weighted by atomic mass is 35.5. The van der Waals surface area contributed by atoms with Crippen LogP contribution in [0, 0.1) is 0 Å². The van der Waals surface area contributed by atoms with Gasteiger partial charge in [-0.3, -0.25) is 4.79 Å². The summed E-state index contributed by atoms with van der Waals surface area (Å²) in [6, 6.07) is 3.73. The van der Waals surface area contributed by atoms with Crippen molar-refractivity contribution in [2.75, 3.05) is 6.54 Å². The lowest BCUT2D eigenvalue weighted by molar-refractivity contribution is -0.129. The van der Waals surface area contributed by atoms with E-state index >= 15 is 0 Å². The Morgan fingerprint density at radius 2 is 2.14 bits per heavy atom. The number of rotatable bonds is 2. The normalized spacial score (nSPS) is 16.7. The van der Waals surface area contributed by atoms with Crippen molar-refractivity contribution in [3.8, 4) is 0 Å². The van der Waals surface area contributed by atoms with Crippen molar-refractivity contribution in [2.45, 2.75) is 45.4 Å². The molecule has 0 saturated heterocycles. The van der Waals surface area contributed by atoms with Crippen LogP contribution in [0.1, 0.15) is 44.4 Å². The van der Waals surface area contributed by atoms with Crippen LogP contribution in [0.25, 0.3) is 0 Å². The molecule has 1 heterocycles. The molecule has 1 aromatic carbocycles. The van der Waals surface area contributed by atoms with Gasteiger partial charge in [0.25, 0.3) is 0 Å². The number of carbonyl (C=O) groups is 1. The SMILES string of the molecule is CC(=O)N1CCc2c(C=N[S+]([O-])C(C)(C)C)cc(Cl)cc2C1. The molecule has 0 fully saturated rings. The fraction of sp³-hybridized carbons (Fsp3) is 0.500. The maximum absolute atomic E-state index is 12.1. The highest BCUT2D eigenvalue weighted by Gasteiger charge is 2.26. The van der Waals surface area contributed by atoms with Crippen LogP contribution in [-0.4, -0.2) is 32.9 Å². The third kappa shape index (κ3) is 4.03. The first kappa shape index (κ1) is 17.3. The molecule has 1 aliphatic rings. The maximum Gasteiger partial charge on any atom is 0.219 e. The average Bonchev–Trinajstić information content (AvgIpc) is 2.42. The largest absolute Gasteiger partial charge is 0.591 e. The predicted molar refractivity (Wildman–Crippen MR) is 91.7 cm³/mol. The third-order valence-electron chi connectivity index (χ3n) is 3.59. The number of fused-ring (bicyclic) bond motifs is 1. The van der Waals surface area contributed by atoms with Gasteiger partial charge in [0, 0.05) is 30.6 Å². The van der Waals surface area contributed by atoms with Gasteiger partial charge in [0.05, 0.1) is 6.21 Å². The molecule has 0 aliphatic carbocycles. The molecule has 0 spiro atoms. The van der Waals surface area contributed by atoms with Gasteiger partial charge in [-0.15, -0.1) is 0 Å². The molecule has 0 bridgehead atoms. The average molecular weight is 341 g/mol. The van der Waals surface area contributed by atoms with Gasteiger partial charge in [-0.25, -0.2) is 0 Å². The molecule has 1 amide bonds. The van der Waals surface area contributed by atoms with E-state index in [1.54, 1.807) is 18.0 Å². The predicted octanol–water partition coefficient (Wildman–Crippen LogP) is 3.13. The molecule has 2 rings (SSSR count). The van der Waals surface area contributed by atoms with Crippen molar-refractivity contribution >= 4 is 35.1 Å². The molecule has 4 nitrogen and oxygen atoms in total. The van der Waals surface area contributed by atoms with Gasteiger partial charge < -0.3 is 9.45 Å². The summed E-state index contributed by atoms with van der Waals surface area (Å²) < 4.78 is 15.8. The summed E-state index contributed by atoms with van der Waals surface area (Å²) in [6.45, 7) is 8.49. The first-order valence-electron chi connectivity index (χ1n) is 7.21. The second-order valence-electron chi connectivity index (χ2n) is 6.42. The first-order valence-corrected chi connectivity index (χ1v) is 8.70. The lowest BCUT2D eigenvalue weighted by Crippen LogP contribution is -2.34. The molecular weight excluding hydrogens is 320 g/mol. The first-order chi connectivity index (χ1) is 10.2. The van der Waals surface area contributed by atoms with E-state index in [1.807, 2.05) is 32.9 Å². The number of halogens is 1. The Balaban J connectivity index is 2.31. The van der Waals surface area contributed by atoms with E-state index in [-0.39, 0.29) is 10.7 Å². The highest BCUT2D eigenvalue weighted by molar-refractivity contribution is 7.91. The Labute approximate surface area is 139 Å². The fourth-order valence-corrected chi connectivity index (χ4v) is 3.12. The molecule has 0 aromatic heterocycles. The summed E-state index contributed by atoms with van der Waals surface area (Å²) in [5.41, 5.74) is 3.07. The van der Waals surface area contributed by atoms with Crippen LogP contribution in [0.3, 0.4) is 0 Å². The van der Waals surface area contributed by atoms with Gasteiger partial charge in [0.1, 0.15) is 16.1 Å². The fourth-order valence-electron chi connectivity index (χ4n) is 2.34. The number of hydrogen-bond donors (Lipinski definition) is 0. The van der Waals surface area contributed by atoms with Gasteiger partial charge in [-0.2, -0.15) is 0 Å². The maximum atomic E-state index is 12.1. The quantitative estimate of drug-likeness (QED) is 0.613. The summed E-state index contributed by atoms with van der Waals surface area (Å²) in [7, 11) is 0. The second kappa shape index (κ2) is 6.60. The van der Waals surface area contributed by atoms with Crippen LogP contribution in [0.5, 0.6) is 0 Å². The molecule has 0 saturated carbocycles. The Bertz CT molecular complexity index is 611. The molecule has 1 aliphatic heterocycles. The lowest BCUT2D eigenvalue weighted by atomic mass is 9.95. The van der Waals surface area contributed by atoms with Crippen LogP contribution < -0.4 is 0 Å². The Morgan fingerprint density at radius 3 is 2.73 bits per heavy atom. The van der Waals surface area contributed by atoms with Gasteiger partial charge in [0.2, 0.25) is 5.91 Å². The smallest absolute Gasteiger partial charge is 0.219 e. The molecule has 120 valence electrons. The van der Waals surface area contributed by atoms with E-state index in [0.29, 0.717) is 18.1 Å². The topological polar surface area (TPSA) is 55.7 Å². The van der Waals surface area contributed by atoms with E-state index < -0.39 is 11.4 Å². The molecule has 1 unspecified atom stereocenters. The van der Waals surface area contributed by atoms with Crippen LogP contribution in [0.15, 0.2) is 16.5 Å². The van der Waals surface area contributed by atoms with E-state index in [1.165, 1.54) is 0 Å². The Hall–Kier alpha value is -1.04. The standard InChI is InChI=1S/C16H21ClN2O2S/c1-11(20)19-6-5-15-12(7-14(17)8-13(15)10-19)9-18-22(21)16(2,3)4/h7-9H,5-6,10H2,1-4H3. The van der Waals surface area contributed by atoms with Crippen molar-refractivity contribution < 1.29 is 9.35 Å². The van der Waals surface area contributed by atoms with Crippen LogP contribution in [0.2, 0.25) is 5.02 Å². The van der Waals surface area contributed by atoms with Gasteiger partial charge in [0.15, 0.2) is 0 Å². The van der Waals surface area contributed by atoms with E-state index in [2.05, 4.69) is 4.40 Å². The van der Waals surface area contributed by atoms with Crippen LogP contribution in [-0.2, 0) is 29.1 Å². The van der Waals surface area contributed by atoms with Crippen LogP contribution >= 0.6 is 11.6 Å². The van der Waals surface area contributed by atoms with Crippen molar-refractivity contribution in [2.24, 2.45) is 4.40 Å². The summed E-state index contributed by atoms with van der Waals surface area (Å²) in [5, 5.41) is 0.604. The summed E-state index contributed by atoms with van der Waals surface area (Å²) in [6.07, 6.45) is 2.41. The van der Waals surface area contributed by atoms with Gasteiger partial charge in [-0.05, 0) is 50.5 Å². The lowest BCUT2D eigenvalue weighted by Gasteiger charge is -2.29. The summed E-state index contributed by atoms with van der Waals surface area (Å²) >= 11 is 4.88. The zero-order valence-electron chi connectivity index (χ0n) is 13.4. The molecular formula is C16H21ClN2O2S. The number of nitrogens with zero attached hydrogens (tertiary/aromatic N) is 2. The Morgan fingerprint density at radius 1 is 1.45 bits per heavy atom. The van der Waals surface area contributed by atoms with E-state index in [4.69, 9.17) is 11.6 Å². The van der Waals surface area contributed by atoms with Crippen molar-refractivity contribution in [3.05, 3.63) is 33.8 Å². The molecule has 0 radical (unpaired) electrons. The zero-order chi connectivity index (χ0) is 16.5. The van der Waals surface area contributed by atoms with Crippen LogP contribution in [0.4, 0.5) is 0 Å². The van der Waals surface area contributed by atoms with E-state index in [0.717, 1.165) is 23.1 Å². The number of amides is 1. The molecule has 6 heteroatoms. The minimum absolute atomic E-state index is 0.0645. The van der Waals surface area contributed by atoms with Crippen molar-refractivity contribution in [1.29, 1.82) is 0 Å². The molecule has 0 N–H and O–H groups in total. The van der Waals surface area contributed by atoms with E-state index in [9.17, 15) is 9.35 Å². The van der Waals surface area contributed by atoms with Gasteiger partial charge >= 0.3 is 0 Å².